The molecular formula is C21H40N2O2. The van der Waals surface area contributed by atoms with Gasteiger partial charge in [-0.25, -0.2) is 0 Å². The summed E-state index contributed by atoms with van der Waals surface area (Å²) < 4.78 is 0. The quantitative estimate of drug-likeness (QED) is 0.448. The second kappa shape index (κ2) is 13.2. The average molecular weight is 353 g/mol. The maximum atomic E-state index is 12.6. The first kappa shape index (κ1) is 22.0. The number of rotatable bonds is 13. The molecule has 0 bridgehead atoms. The lowest BCUT2D eigenvalue weighted by Gasteiger charge is -2.29. The monoisotopic (exact) mass is 352 g/mol. The number of nitrogens with zero attached hydrogens (tertiary/aromatic N) is 2. The highest BCUT2D eigenvalue weighted by Crippen LogP contribution is 2.14. The number of amides is 2. The van der Waals surface area contributed by atoms with Crippen LogP contribution in [0.2, 0.25) is 0 Å². The van der Waals surface area contributed by atoms with Crippen molar-refractivity contribution in [2.45, 2.75) is 104 Å². The Balaban J connectivity index is 2.30. The number of hydrogen-bond acceptors (Lipinski definition) is 2. The second-order valence-corrected chi connectivity index (χ2v) is 7.55. The fourth-order valence-electron chi connectivity index (χ4n) is 3.53. The van der Waals surface area contributed by atoms with E-state index in [9.17, 15) is 9.59 Å². The molecule has 0 saturated carbocycles. The van der Waals surface area contributed by atoms with Gasteiger partial charge in [0.1, 0.15) is 0 Å². The number of likely N-dealkylation sites (tertiary alicyclic amines) is 1. The minimum Gasteiger partial charge on any atom is -0.343 e. The molecule has 1 rings (SSSR count). The molecule has 1 fully saturated rings. The van der Waals surface area contributed by atoms with E-state index in [1.54, 1.807) is 0 Å². The van der Waals surface area contributed by atoms with E-state index < -0.39 is 0 Å². The molecule has 1 aliphatic rings. The Bertz CT molecular complexity index is 378. The Morgan fingerprint density at radius 1 is 0.920 bits per heavy atom. The van der Waals surface area contributed by atoms with Crippen molar-refractivity contribution in [3.8, 4) is 0 Å². The van der Waals surface area contributed by atoms with Crippen molar-refractivity contribution in [3.05, 3.63) is 0 Å². The van der Waals surface area contributed by atoms with Crippen molar-refractivity contribution < 1.29 is 9.59 Å². The zero-order valence-corrected chi connectivity index (χ0v) is 16.9. The lowest BCUT2D eigenvalue weighted by Crippen LogP contribution is -2.41. The van der Waals surface area contributed by atoms with Crippen molar-refractivity contribution in [1.82, 2.24) is 9.80 Å². The molecule has 4 heteroatoms. The van der Waals surface area contributed by atoms with Gasteiger partial charge < -0.3 is 9.80 Å². The van der Waals surface area contributed by atoms with Crippen LogP contribution in [0, 0.1) is 0 Å². The third-order valence-corrected chi connectivity index (χ3v) is 5.46. The molecule has 0 radical (unpaired) electrons. The molecule has 1 heterocycles. The summed E-state index contributed by atoms with van der Waals surface area (Å²) in [6, 6.07) is 0.225. The van der Waals surface area contributed by atoms with Gasteiger partial charge in [0.2, 0.25) is 11.8 Å². The highest BCUT2D eigenvalue weighted by Gasteiger charge is 2.22. The molecular weight excluding hydrogens is 312 g/mol. The Labute approximate surface area is 155 Å². The second-order valence-electron chi connectivity index (χ2n) is 7.55. The van der Waals surface area contributed by atoms with E-state index >= 15 is 0 Å². The summed E-state index contributed by atoms with van der Waals surface area (Å²) in [4.78, 5) is 28.8. The van der Waals surface area contributed by atoms with Crippen LogP contribution in [0.4, 0.5) is 0 Å². The van der Waals surface area contributed by atoms with E-state index in [0.29, 0.717) is 19.4 Å². The van der Waals surface area contributed by atoms with Crippen LogP contribution >= 0.6 is 0 Å². The first-order chi connectivity index (χ1) is 12.1. The molecule has 1 saturated heterocycles. The minimum absolute atomic E-state index is 0.217. The third-order valence-electron chi connectivity index (χ3n) is 5.46. The number of unbranched alkanes of at least 4 members (excludes halogenated alkanes) is 6. The SMILES string of the molecule is CCCCCCCCCC(=O)N(CCC(=O)N1CCCC1)C(C)CC. The summed E-state index contributed by atoms with van der Waals surface area (Å²) in [7, 11) is 0. The topological polar surface area (TPSA) is 40.6 Å². The standard InChI is InChI=1S/C21H40N2O2/c1-4-6-7-8-9-10-11-14-21(25)23(19(3)5-2)18-15-20(24)22-16-12-13-17-22/h19H,4-18H2,1-3H3. The van der Waals surface area contributed by atoms with Gasteiger partial charge in [-0.3, -0.25) is 9.59 Å². The van der Waals surface area contributed by atoms with Crippen molar-refractivity contribution >= 4 is 11.8 Å². The zero-order chi connectivity index (χ0) is 18.5. The smallest absolute Gasteiger partial charge is 0.224 e. The van der Waals surface area contributed by atoms with Gasteiger partial charge in [0.15, 0.2) is 0 Å². The summed E-state index contributed by atoms with van der Waals surface area (Å²) in [6.45, 7) is 8.82. The van der Waals surface area contributed by atoms with Gasteiger partial charge in [0, 0.05) is 38.5 Å². The molecule has 1 aliphatic heterocycles. The van der Waals surface area contributed by atoms with Gasteiger partial charge in [0.05, 0.1) is 0 Å². The highest BCUT2D eigenvalue weighted by molar-refractivity contribution is 5.79. The maximum absolute atomic E-state index is 12.6. The van der Waals surface area contributed by atoms with Crippen molar-refractivity contribution in [1.29, 1.82) is 0 Å². The van der Waals surface area contributed by atoms with E-state index in [-0.39, 0.29) is 17.9 Å². The van der Waals surface area contributed by atoms with Crippen LogP contribution < -0.4 is 0 Å². The largest absolute Gasteiger partial charge is 0.343 e. The Morgan fingerprint density at radius 2 is 1.52 bits per heavy atom. The highest BCUT2D eigenvalue weighted by atomic mass is 16.2. The van der Waals surface area contributed by atoms with E-state index in [0.717, 1.165) is 45.2 Å². The molecule has 1 atom stereocenters. The lowest BCUT2D eigenvalue weighted by atomic mass is 10.1. The van der Waals surface area contributed by atoms with Crippen LogP contribution in [0.3, 0.4) is 0 Å². The molecule has 2 amide bonds. The lowest BCUT2D eigenvalue weighted by molar-refractivity contribution is -0.135. The number of carbonyl (C=O) groups excluding carboxylic acids is 2. The number of carbonyl (C=O) groups is 2. The van der Waals surface area contributed by atoms with Crippen LogP contribution in [0.5, 0.6) is 0 Å². The Kier molecular flexibility index (Phi) is 11.6. The average Bonchev–Trinajstić information content (AvgIpc) is 3.15. The Hall–Kier alpha value is -1.06. The van der Waals surface area contributed by atoms with Crippen molar-refractivity contribution in [2.24, 2.45) is 0 Å². The van der Waals surface area contributed by atoms with Crippen molar-refractivity contribution in [3.63, 3.8) is 0 Å². The molecule has 0 aromatic carbocycles. The van der Waals surface area contributed by atoms with Crippen LogP contribution in [0.1, 0.15) is 97.8 Å². The van der Waals surface area contributed by atoms with Gasteiger partial charge in [-0.05, 0) is 32.6 Å². The van der Waals surface area contributed by atoms with Crippen LogP contribution in [-0.2, 0) is 9.59 Å². The van der Waals surface area contributed by atoms with Gasteiger partial charge >= 0.3 is 0 Å². The van der Waals surface area contributed by atoms with Crippen LogP contribution in [0.25, 0.3) is 0 Å². The summed E-state index contributed by atoms with van der Waals surface area (Å²) in [6.07, 6.45) is 12.9. The van der Waals surface area contributed by atoms with Crippen molar-refractivity contribution in [2.75, 3.05) is 19.6 Å². The number of hydrogen-bond donors (Lipinski definition) is 0. The molecule has 0 spiro atoms. The van der Waals surface area contributed by atoms with Gasteiger partial charge in [-0.15, -0.1) is 0 Å². The van der Waals surface area contributed by atoms with Gasteiger partial charge in [0.25, 0.3) is 0 Å². The molecule has 0 aromatic heterocycles. The first-order valence-corrected chi connectivity index (χ1v) is 10.7. The minimum atomic E-state index is 0.217. The molecule has 1 unspecified atom stereocenters. The predicted molar refractivity (Wildman–Crippen MR) is 105 cm³/mol. The summed E-state index contributed by atoms with van der Waals surface area (Å²) >= 11 is 0. The molecule has 0 N–H and O–H groups in total. The fourth-order valence-corrected chi connectivity index (χ4v) is 3.53. The van der Waals surface area contributed by atoms with E-state index in [1.807, 2.05) is 9.80 Å². The Morgan fingerprint density at radius 3 is 2.12 bits per heavy atom. The van der Waals surface area contributed by atoms with Crippen LogP contribution in [-0.4, -0.2) is 47.3 Å². The summed E-state index contributed by atoms with van der Waals surface area (Å²) in [5, 5.41) is 0. The van der Waals surface area contributed by atoms with Crippen LogP contribution in [0.15, 0.2) is 0 Å². The van der Waals surface area contributed by atoms with E-state index in [2.05, 4.69) is 20.8 Å². The van der Waals surface area contributed by atoms with Gasteiger partial charge in [-0.1, -0.05) is 52.4 Å². The first-order valence-electron chi connectivity index (χ1n) is 10.7. The predicted octanol–water partition coefficient (Wildman–Crippen LogP) is 4.77. The van der Waals surface area contributed by atoms with Gasteiger partial charge in [-0.2, -0.15) is 0 Å². The molecule has 0 aliphatic carbocycles. The third kappa shape index (κ3) is 8.73. The maximum Gasteiger partial charge on any atom is 0.224 e. The molecule has 4 nitrogen and oxygen atoms in total. The normalized spacial score (nSPS) is 15.4. The zero-order valence-electron chi connectivity index (χ0n) is 16.9. The van der Waals surface area contributed by atoms with E-state index in [1.165, 1.54) is 32.1 Å². The molecule has 0 aromatic rings. The van der Waals surface area contributed by atoms with E-state index in [4.69, 9.17) is 0 Å². The fraction of sp³-hybridized carbons (Fsp3) is 0.905. The molecule has 146 valence electrons. The molecule has 25 heavy (non-hydrogen) atoms. The summed E-state index contributed by atoms with van der Waals surface area (Å²) in [5.41, 5.74) is 0. The summed E-state index contributed by atoms with van der Waals surface area (Å²) in [5.74, 6) is 0.451.